The lowest BCUT2D eigenvalue weighted by atomic mass is 9.95. The topological polar surface area (TPSA) is 0 Å². The molecule has 84 valence electrons. The van der Waals surface area contributed by atoms with Gasteiger partial charge in [0.15, 0.2) is 0 Å². The molecule has 1 aromatic carbocycles. The summed E-state index contributed by atoms with van der Waals surface area (Å²) in [4.78, 5) is 0. The first-order chi connectivity index (χ1) is 6.80. The van der Waals surface area contributed by atoms with Crippen molar-refractivity contribution in [1.29, 1.82) is 0 Å². The van der Waals surface area contributed by atoms with Crippen molar-refractivity contribution in [3.05, 3.63) is 35.9 Å². The second-order valence-electron chi connectivity index (χ2n) is 2.88. The van der Waals surface area contributed by atoms with Crippen molar-refractivity contribution in [2.75, 3.05) is 0 Å². The molecular formula is C9H6F6. The van der Waals surface area contributed by atoms with Crippen LogP contribution in [0.4, 0.5) is 26.3 Å². The van der Waals surface area contributed by atoms with Crippen LogP contribution in [0, 0.1) is 0 Å². The minimum Gasteiger partial charge on any atom is -0.222 e. The van der Waals surface area contributed by atoms with Gasteiger partial charge < -0.3 is 0 Å². The second kappa shape index (κ2) is 3.75. The summed E-state index contributed by atoms with van der Waals surface area (Å²) in [7, 11) is 0. The number of benzene rings is 1. The highest BCUT2D eigenvalue weighted by Crippen LogP contribution is 2.46. The number of alkyl halides is 6. The van der Waals surface area contributed by atoms with Crippen molar-refractivity contribution in [3.8, 4) is 0 Å². The molecule has 1 rings (SSSR count). The number of hydrogen-bond donors (Lipinski definition) is 0. The maximum absolute atomic E-state index is 13.3. The van der Waals surface area contributed by atoms with E-state index in [0.717, 1.165) is 12.1 Å². The average Bonchev–Trinajstić information content (AvgIpc) is 2.16. The van der Waals surface area contributed by atoms with E-state index in [1.807, 2.05) is 0 Å². The Balaban J connectivity index is 3.26. The van der Waals surface area contributed by atoms with Gasteiger partial charge in [0.1, 0.15) is 0 Å². The van der Waals surface area contributed by atoms with Gasteiger partial charge in [-0.15, -0.1) is 0 Å². The Labute approximate surface area is 81.5 Å². The molecule has 1 unspecified atom stereocenters. The van der Waals surface area contributed by atoms with Gasteiger partial charge in [-0.05, 0) is 0 Å². The maximum atomic E-state index is 13.3. The number of rotatable bonds is 2. The first-order valence-corrected chi connectivity index (χ1v) is 3.89. The summed E-state index contributed by atoms with van der Waals surface area (Å²) in [6.07, 6.45) is -9.79. The van der Waals surface area contributed by atoms with Crippen LogP contribution in [0.15, 0.2) is 30.3 Å². The van der Waals surface area contributed by atoms with E-state index in [4.69, 9.17) is 0 Å². The van der Waals surface area contributed by atoms with Crippen LogP contribution in [0.2, 0.25) is 0 Å². The van der Waals surface area contributed by atoms with Gasteiger partial charge in [0.25, 0.3) is 12.1 Å². The lowest BCUT2D eigenvalue weighted by Crippen LogP contribution is -2.44. The van der Waals surface area contributed by atoms with Crippen LogP contribution < -0.4 is 0 Å². The van der Waals surface area contributed by atoms with Gasteiger partial charge in [-0.2, -0.15) is 13.2 Å². The van der Waals surface area contributed by atoms with Crippen LogP contribution in [-0.2, 0) is 5.67 Å². The van der Waals surface area contributed by atoms with Crippen LogP contribution in [0.25, 0.3) is 0 Å². The van der Waals surface area contributed by atoms with E-state index in [1.54, 1.807) is 0 Å². The van der Waals surface area contributed by atoms with Crippen molar-refractivity contribution in [3.63, 3.8) is 0 Å². The third-order valence-electron chi connectivity index (χ3n) is 1.91. The average molecular weight is 228 g/mol. The maximum Gasteiger partial charge on any atom is 0.432 e. The Morgan fingerprint density at radius 3 is 1.67 bits per heavy atom. The third-order valence-corrected chi connectivity index (χ3v) is 1.91. The molecule has 6 heteroatoms. The zero-order valence-corrected chi connectivity index (χ0v) is 7.23. The zero-order valence-electron chi connectivity index (χ0n) is 7.23. The lowest BCUT2D eigenvalue weighted by Gasteiger charge is -2.27. The van der Waals surface area contributed by atoms with Gasteiger partial charge in [0.05, 0.1) is 0 Å². The SMILES string of the molecule is FC(F)C(F)(c1ccccc1)C(F)(F)F. The van der Waals surface area contributed by atoms with Gasteiger partial charge >= 0.3 is 6.18 Å². The predicted octanol–water partition coefficient (Wildman–Crippen LogP) is 3.68. The predicted molar refractivity (Wildman–Crippen MR) is 41.3 cm³/mol. The molecule has 0 saturated heterocycles. The van der Waals surface area contributed by atoms with E-state index in [9.17, 15) is 26.3 Å². The third kappa shape index (κ3) is 1.93. The van der Waals surface area contributed by atoms with Crippen molar-refractivity contribution >= 4 is 0 Å². The van der Waals surface area contributed by atoms with Crippen molar-refractivity contribution < 1.29 is 26.3 Å². The molecular weight excluding hydrogens is 222 g/mol. The highest BCUT2D eigenvalue weighted by molar-refractivity contribution is 5.25. The van der Waals surface area contributed by atoms with Gasteiger partial charge in [0.2, 0.25) is 0 Å². The molecule has 0 saturated carbocycles. The number of halogens is 6. The van der Waals surface area contributed by atoms with Gasteiger partial charge in [-0.25, -0.2) is 13.2 Å². The molecule has 0 heterocycles. The fourth-order valence-electron chi connectivity index (χ4n) is 1.09. The molecule has 0 aliphatic rings. The summed E-state index contributed by atoms with van der Waals surface area (Å²) in [5, 5.41) is 0. The molecule has 0 spiro atoms. The smallest absolute Gasteiger partial charge is 0.222 e. The standard InChI is InChI=1S/C9H6F6/c10-7(11)8(12,9(13,14)15)6-4-2-1-3-5-6/h1-5,7H. The van der Waals surface area contributed by atoms with E-state index < -0.39 is 23.8 Å². The largest absolute Gasteiger partial charge is 0.432 e. The Morgan fingerprint density at radius 2 is 1.33 bits per heavy atom. The lowest BCUT2D eigenvalue weighted by molar-refractivity contribution is -0.274. The van der Waals surface area contributed by atoms with E-state index in [1.165, 1.54) is 6.07 Å². The quantitative estimate of drug-likeness (QED) is 0.677. The normalized spacial score (nSPS) is 16.5. The van der Waals surface area contributed by atoms with Crippen molar-refractivity contribution in [2.24, 2.45) is 0 Å². The van der Waals surface area contributed by atoms with E-state index in [2.05, 4.69) is 0 Å². The molecule has 0 amide bonds. The summed E-state index contributed by atoms with van der Waals surface area (Å²) >= 11 is 0. The summed E-state index contributed by atoms with van der Waals surface area (Å²) in [5.41, 5.74) is -5.69. The van der Waals surface area contributed by atoms with Crippen LogP contribution in [0.3, 0.4) is 0 Å². The zero-order chi connectivity index (χ0) is 11.7. The molecule has 0 N–H and O–H groups in total. The molecule has 0 aliphatic carbocycles. The van der Waals surface area contributed by atoms with E-state index in [-0.39, 0.29) is 0 Å². The van der Waals surface area contributed by atoms with E-state index >= 15 is 0 Å². The Hall–Kier alpha value is -1.20. The fraction of sp³-hybridized carbons (Fsp3) is 0.333. The van der Waals surface area contributed by atoms with Gasteiger partial charge in [0, 0.05) is 5.56 Å². The molecule has 15 heavy (non-hydrogen) atoms. The summed E-state index contributed by atoms with van der Waals surface area (Å²) in [6, 6.07) is 4.81. The molecule has 0 nitrogen and oxygen atoms in total. The van der Waals surface area contributed by atoms with Gasteiger partial charge in [-0.1, -0.05) is 30.3 Å². The molecule has 0 aromatic heterocycles. The first kappa shape index (κ1) is 11.9. The minimum atomic E-state index is -5.64. The highest BCUT2D eigenvalue weighted by Gasteiger charge is 2.63. The van der Waals surface area contributed by atoms with Crippen LogP contribution in [0.5, 0.6) is 0 Å². The van der Waals surface area contributed by atoms with E-state index in [0.29, 0.717) is 12.1 Å². The Bertz CT molecular complexity index is 317. The molecule has 0 radical (unpaired) electrons. The van der Waals surface area contributed by atoms with Crippen LogP contribution in [0.1, 0.15) is 5.56 Å². The first-order valence-electron chi connectivity index (χ1n) is 3.89. The second-order valence-corrected chi connectivity index (χ2v) is 2.88. The molecule has 0 bridgehead atoms. The Kier molecular flexibility index (Phi) is 2.97. The number of hydrogen-bond acceptors (Lipinski definition) is 0. The minimum absolute atomic E-state index is 0.680. The molecule has 1 atom stereocenters. The molecule has 0 aliphatic heterocycles. The summed E-state index contributed by atoms with van der Waals surface area (Å²) in [6.45, 7) is 0. The Morgan fingerprint density at radius 1 is 0.867 bits per heavy atom. The van der Waals surface area contributed by atoms with Crippen LogP contribution >= 0.6 is 0 Å². The van der Waals surface area contributed by atoms with Crippen molar-refractivity contribution in [1.82, 2.24) is 0 Å². The summed E-state index contributed by atoms with van der Waals surface area (Å²) < 4.78 is 74.2. The highest BCUT2D eigenvalue weighted by atomic mass is 19.4. The molecule has 0 fully saturated rings. The van der Waals surface area contributed by atoms with Crippen molar-refractivity contribution in [2.45, 2.75) is 18.3 Å². The van der Waals surface area contributed by atoms with Gasteiger partial charge in [-0.3, -0.25) is 0 Å². The van der Waals surface area contributed by atoms with Crippen LogP contribution in [-0.4, -0.2) is 12.6 Å². The summed E-state index contributed by atoms with van der Waals surface area (Å²) in [5.74, 6) is 0. The monoisotopic (exact) mass is 228 g/mol. The fourth-order valence-corrected chi connectivity index (χ4v) is 1.09. The molecule has 1 aromatic rings.